The number of aromatic amines is 1. The van der Waals surface area contributed by atoms with E-state index in [4.69, 9.17) is 14.2 Å². The van der Waals surface area contributed by atoms with Crippen LogP contribution in [0.4, 0.5) is 0 Å². The molecule has 0 radical (unpaired) electrons. The Labute approximate surface area is 89.8 Å². The van der Waals surface area contributed by atoms with Crippen molar-refractivity contribution in [2.24, 2.45) is 0 Å². The van der Waals surface area contributed by atoms with E-state index in [2.05, 4.69) is 9.97 Å². The summed E-state index contributed by atoms with van der Waals surface area (Å²) in [5, 5.41) is 0. The molecule has 0 saturated heterocycles. The summed E-state index contributed by atoms with van der Waals surface area (Å²) in [7, 11) is 1.66. The van der Waals surface area contributed by atoms with Gasteiger partial charge in [-0.1, -0.05) is 0 Å². The summed E-state index contributed by atoms with van der Waals surface area (Å²) in [6, 6.07) is 0. The van der Waals surface area contributed by atoms with Gasteiger partial charge < -0.3 is 19.2 Å². The molecule has 1 heterocycles. The van der Waals surface area contributed by atoms with Gasteiger partial charge in [-0.2, -0.15) is 0 Å². The fraction of sp³-hybridized carbons (Fsp3) is 0.700. The molecule has 15 heavy (non-hydrogen) atoms. The van der Waals surface area contributed by atoms with Crippen molar-refractivity contribution in [3.63, 3.8) is 0 Å². The summed E-state index contributed by atoms with van der Waals surface area (Å²) >= 11 is 0. The number of aromatic nitrogens is 2. The van der Waals surface area contributed by atoms with Crippen molar-refractivity contribution in [1.82, 2.24) is 9.97 Å². The summed E-state index contributed by atoms with van der Waals surface area (Å²) in [6.07, 6.45) is 4.36. The summed E-state index contributed by atoms with van der Waals surface area (Å²) in [5.74, 6) is 0.954. The zero-order valence-corrected chi connectivity index (χ0v) is 9.07. The van der Waals surface area contributed by atoms with Crippen LogP contribution in [0.25, 0.3) is 0 Å². The predicted molar refractivity (Wildman–Crippen MR) is 55.8 cm³/mol. The van der Waals surface area contributed by atoms with Crippen molar-refractivity contribution in [3.8, 4) is 0 Å². The van der Waals surface area contributed by atoms with Crippen LogP contribution in [-0.4, -0.2) is 50.1 Å². The van der Waals surface area contributed by atoms with E-state index in [1.54, 1.807) is 13.3 Å². The molecule has 0 amide bonds. The van der Waals surface area contributed by atoms with Gasteiger partial charge in [-0.05, 0) is 0 Å². The second-order valence-electron chi connectivity index (χ2n) is 3.00. The van der Waals surface area contributed by atoms with E-state index in [-0.39, 0.29) is 0 Å². The van der Waals surface area contributed by atoms with Gasteiger partial charge in [0, 0.05) is 25.9 Å². The average Bonchev–Trinajstić information content (AvgIpc) is 2.75. The molecule has 0 aliphatic heterocycles. The molecule has 0 atom stereocenters. The second-order valence-corrected chi connectivity index (χ2v) is 3.00. The topological polar surface area (TPSA) is 56.4 Å². The lowest BCUT2D eigenvalue weighted by molar-refractivity contribution is 0.0253. The standard InChI is InChI=1S/C10H18N2O3/c1-13-6-7-15-9-8-14-5-2-10-11-3-4-12-10/h3-4H,2,5-9H2,1H3,(H,11,12). The van der Waals surface area contributed by atoms with Crippen molar-refractivity contribution >= 4 is 0 Å². The number of rotatable bonds is 9. The summed E-state index contributed by atoms with van der Waals surface area (Å²) in [5.41, 5.74) is 0. The van der Waals surface area contributed by atoms with Crippen LogP contribution in [-0.2, 0) is 20.6 Å². The lowest BCUT2D eigenvalue weighted by atomic mass is 10.4. The molecule has 0 bridgehead atoms. The molecule has 5 heteroatoms. The number of hydrogen-bond donors (Lipinski definition) is 1. The highest BCUT2D eigenvalue weighted by molar-refractivity contribution is 4.86. The fourth-order valence-electron chi connectivity index (χ4n) is 1.07. The van der Waals surface area contributed by atoms with Crippen molar-refractivity contribution < 1.29 is 14.2 Å². The number of ether oxygens (including phenoxy) is 3. The zero-order valence-electron chi connectivity index (χ0n) is 9.07. The quantitative estimate of drug-likeness (QED) is 0.613. The molecule has 86 valence electrons. The van der Waals surface area contributed by atoms with Gasteiger partial charge in [0.25, 0.3) is 0 Å². The van der Waals surface area contributed by atoms with Crippen LogP contribution in [0.3, 0.4) is 0 Å². The first-order chi connectivity index (χ1) is 7.43. The van der Waals surface area contributed by atoms with Crippen molar-refractivity contribution in [3.05, 3.63) is 18.2 Å². The number of methoxy groups -OCH3 is 1. The Kier molecular flexibility index (Phi) is 6.81. The molecule has 1 N–H and O–H groups in total. The van der Waals surface area contributed by atoms with Crippen molar-refractivity contribution in [2.45, 2.75) is 6.42 Å². The van der Waals surface area contributed by atoms with Gasteiger partial charge in [-0.3, -0.25) is 0 Å². The zero-order chi connectivity index (χ0) is 10.8. The summed E-state index contributed by atoms with van der Waals surface area (Å²) in [4.78, 5) is 7.11. The molecule has 0 aliphatic carbocycles. The van der Waals surface area contributed by atoms with E-state index in [9.17, 15) is 0 Å². The first-order valence-corrected chi connectivity index (χ1v) is 5.06. The molecule has 1 aromatic rings. The van der Waals surface area contributed by atoms with Gasteiger partial charge in [0.2, 0.25) is 0 Å². The Morgan fingerprint density at radius 2 is 1.87 bits per heavy atom. The molecule has 1 aromatic heterocycles. The number of nitrogens with one attached hydrogen (secondary N) is 1. The highest BCUT2D eigenvalue weighted by atomic mass is 16.5. The van der Waals surface area contributed by atoms with E-state index >= 15 is 0 Å². The number of H-pyrrole nitrogens is 1. The number of hydrogen-bond acceptors (Lipinski definition) is 4. The van der Waals surface area contributed by atoms with E-state index in [0.29, 0.717) is 33.0 Å². The van der Waals surface area contributed by atoms with Gasteiger partial charge in [-0.15, -0.1) is 0 Å². The van der Waals surface area contributed by atoms with Gasteiger partial charge in [-0.25, -0.2) is 4.98 Å². The monoisotopic (exact) mass is 214 g/mol. The van der Waals surface area contributed by atoms with Crippen LogP contribution in [0.15, 0.2) is 12.4 Å². The first kappa shape index (κ1) is 12.2. The van der Waals surface area contributed by atoms with Crippen molar-refractivity contribution in [2.75, 3.05) is 40.1 Å². The molecule has 5 nitrogen and oxygen atoms in total. The van der Waals surface area contributed by atoms with Gasteiger partial charge in [0.1, 0.15) is 5.82 Å². The van der Waals surface area contributed by atoms with E-state index in [1.807, 2.05) is 6.20 Å². The lowest BCUT2D eigenvalue weighted by Gasteiger charge is -2.04. The van der Waals surface area contributed by atoms with Gasteiger partial charge in [0.15, 0.2) is 0 Å². The normalized spacial score (nSPS) is 10.7. The maximum absolute atomic E-state index is 5.36. The van der Waals surface area contributed by atoms with Crippen LogP contribution in [0.5, 0.6) is 0 Å². The Hall–Kier alpha value is -0.910. The van der Waals surface area contributed by atoms with Crippen LogP contribution in [0.2, 0.25) is 0 Å². The van der Waals surface area contributed by atoms with E-state index in [0.717, 1.165) is 12.2 Å². The largest absolute Gasteiger partial charge is 0.382 e. The number of imidazole rings is 1. The first-order valence-electron chi connectivity index (χ1n) is 5.06. The average molecular weight is 214 g/mol. The summed E-state index contributed by atoms with van der Waals surface area (Å²) < 4.78 is 15.4. The molecule has 0 aromatic carbocycles. The Morgan fingerprint density at radius 1 is 1.13 bits per heavy atom. The minimum Gasteiger partial charge on any atom is -0.382 e. The Bertz CT molecular complexity index is 227. The summed E-state index contributed by atoms with van der Waals surface area (Å²) in [6.45, 7) is 3.15. The third-order valence-electron chi connectivity index (χ3n) is 1.84. The molecule has 0 saturated carbocycles. The minimum absolute atomic E-state index is 0.613. The second kappa shape index (κ2) is 8.40. The number of nitrogens with zero attached hydrogens (tertiary/aromatic N) is 1. The van der Waals surface area contributed by atoms with Crippen LogP contribution in [0.1, 0.15) is 5.82 Å². The van der Waals surface area contributed by atoms with E-state index < -0.39 is 0 Å². The minimum atomic E-state index is 0.613. The maximum Gasteiger partial charge on any atom is 0.108 e. The predicted octanol–water partition coefficient (Wildman–Crippen LogP) is 0.632. The molecule has 0 unspecified atom stereocenters. The highest BCUT2D eigenvalue weighted by Crippen LogP contribution is 1.90. The molecular formula is C10H18N2O3. The third kappa shape index (κ3) is 6.22. The molecule has 1 rings (SSSR count). The van der Waals surface area contributed by atoms with Crippen LogP contribution in [0, 0.1) is 0 Å². The third-order valence-corrected chi connectivity index (χ3v) is 1.84. The molecule has 0 aliphatic rings. The highest BCUT2D eigenvalue weighted by Gasteiger charge is 1.94. The van der Waals surface area contributed by atoms with Gasteiger partial charge in [0.05, 0.1) is 33.0 Å². The molecule has 0 spiro atoms. The van der Waals surface area contributed by atoms with Gasteiger partial charge >= 0.3 is 0 Å². The van der Waals surface area contributed by atoms with Crippen molar-refractivity contribution in [1.29, 1.82) is 0 Å². The molecule has 0 fully saturated rings. The van der Waals surface area contributed by atoms with Crippen LogP contribution >= 0.6 is 0 Å². The fourth-order valence-corrected chi connectivity index (χ4v) is 1.07. The lowest BCUT2D eigenvalue weighted by Crippen LogP contribution is -2.09. The Balaban J connectivity index is 1.81. The van der Waals surface area contributed by atoms with E-state index in [1.165, 1.54) is 0 Å². The smallest absolute Gasteiger partial charge is 0.108 e. The SMILES string of the molecule is COCCOCCOCCc1ncc[nH]1. The Morgan fingerprint density at radius 3 is 2.53 bits per heavy atom. The molecular weight excluding hydrogens is 196 g/mol. The maximum atomic E-state index is 5.36. The van der Waals surface area contributed by atoms with Crippen LogP contribution < -0.4 is 0 Å².